The molecule has 0 spiro atoms. The van der Waals surface area contributed by atoms with Crippen molar-refractivity contribution in [3.05, 3.63) is 0 Å². The average molecular weight is 367 g/mol. The van der Waals surface area contributed by atoms with Crippen LogP contribution in [0.25, 0.3) is 0 Å². The number of ether oxygens (including phenoxy) is 1. The van der Waals surface area contributed by atoms with Gasteiger partial charge in [0.2, 0.25) is 0 Å². The first-order valence-corrected chi connectivity index (χ1v) is 12.0. The topological polar surface area (TPSA) is 26.3 Å². The molecule has 0 amide bonds. The summed E-state index contributed by atoms with van der Waals surface area (Å²) in [5.41, 5.74) is 0. The highest BCUT2D eigenvalue weighted by Gasteiger charge is 2.19. The van der Waals surface area contributed by atoms with Crippen molar-refractivity contribution in [1.29, 1.82) is 0 Å². The first-order valence-electron chi connectivity index (χ1n) is 12.0. The molecule has 1 aliphatic carbocycles. The second-order valence-electron chi connectivity index (χ2n) is 8.51. The number of carbonyl (C=O) groups excluding carboxylic acids is 1. The highest BCUT2D eigenvalue weighted by molar-refractivity contribution is 5.69. The Balaban J connectivity index is 1.66. The van der Waals surface area contributed by atoms with Crippen LogP contribution in [0.15, 0.2) is 0 Å². The molecule has 2 nitrogen and oxygen atoms in total. The van der Waals surface area contributed by atoms with Gasteiger partial charge in [-0.2, -0.15) is 0 Å². The third-order valence-electron chi connectivity index (χ3n) is 5.70. The minimum absolute atomic E-state index is 0.0126. The molecule has 0 saturated heterocycles. The molecule has 0 unspecified atom stereocenters. The second kappa shape index (κ2) is 17.9. The molecule has 0 radical (unpaired) electrons. The van der Waals surface area contributed by atoms with Crippen molar-refractivity contribution in [2.24, 2.45) is 5.92 Å². The zero-order chi connectivity index (χ0) is 18.7. The summed E-state index contributed by atoms with van der Waals surface area (Å²) in [4.78, 5) is 11.6. The fourth-order valence-corrected chi connectivity index (χ4v) is 3.66. The van der Waals surface area contributed by atoms with Crippen molar-refractivity contribution >= 4 is 5.97 Å². The van der Waals surface area contributed by atoms with Crippen molar-refractivity contribution in [1.82, 2.24) is 0 Å². The first-order chi connectivity index (χ1) is 12.8. The molecule has 154 valence electrons. The van der Waals surface area contributed by atoms with Gasteiger partial charge < -0.3 is 4.74 Å². The van der Waals surface area contributed by atoms with E-state index in [2.05, 4.69) is 6.92 Å². The van der Waals surface area contributed by atoms with Crippen LogP contribution < -0.4 is 0 Å². The van der Waals surface area contributed by atoms with Crippen molar-refractivity contribution in [3.63, 3.8) is 0 Å². The summed E-state index contributed by atoms with van der Waals surface area (Å²) in [7, 11) is 0. The fraction of sp³-hybridized carbons (Fsp3) is 0.958. The predicted octanol–water partition coefficient (Wildman–Crippen LogP) is 7.98. The van der Waals surface area contributed by atoms with Crippen LogP contribution in [0, 0.1) is 5.92 Å². The van der Waals surface area contributed by atoms with Crippen LogP contribution >= 0.6 is 0 Å². The van der Waals surface area contributed by atoms with Gasteiger partial charge in [-0.1, -0.05) is 116 Å². The average Bonchev–Trinajstić information content (AvgIpc) is 3.46. The van der Waals surface area contributed by atoms with E-state index in [4.69, 9.17) is 4.74 Å². The Kier molecular flexibility index (Phi) is 16.2. The smallest absolute Gasteiger partial charge is 0.305 e. The Hall–Kier alpha value is -0.530. The summed E-state index contributed by atoms with van der Waals surface area (Å²) in [5, 5.41) is 0. The molecule has 1 saturated carbocycles. The first kappa shape index (κ1) is 23.5. The zero-order valence-corrected chi connectivity index (χ0v) is 17.7. The lowest BCUT2D eigenvalue weighted by Crippen LogP contribution is -2.05. The molecular formula is C24H46O2. The van der Waals surface area contributed by atoms with Crippen molar-refractivity contribution in [2.75, 3.05) is 6.61 Å². The molecule has 2 heteroatoms. The highest BCUT2D eigenvalue weighted by Crippen LogP contribution is 2.34. The van der Waals surface area contributed by atoms with Gasteiger partial charge in [0.25, 0.3) is 0 Å². The fourth-order valence-electron chi connectivity index (χ4n) is 3.66. The largest absolute Gasteiger partial charge is 0.466 e. The van der Waals surface area contributed by atoms with Crippen LogP contribution in [0.4, 0.5) is 0 Å². The molecule has 1 aliphatic rings. The van der Waals surface area contributed by atoms with Crippen molar-refractivity contribution in [2.45, 2.75) is 135 Å². The maximum Gasteiger partial charge on any atom is 0.305 e. The third-order valence-corrected chi connectivity index (χ3v) is 5.70. The van der Waals surface area contributed by atoms with E-state index < -0.39 is 0 Å². The molecule has 0 N–H and O–H groups in total. The zero-order valence-electron chi connectivity index (χ0n) is 17.7. The van der Waals surface area contributed by atoms with Crippen LogP contribution in [0.3, 0.4) is 0 Å². The van der Waals surface area contributed by atoms with Crippen molar-refractivity contribution in [3.8, 4) is 0 Å². The van der Waals surface area contributed by atoms with Gasteiger partial charge >= 0.3 is 5.97 Å². The lowest BCUT2D eigenvalue weighted by molar-refractivity contribution is -0.143. The molecule has 1 fully saturated rings. The molecule has 1 rings (SSSR count). The molecule has 0 bridgehead atoms. The number of hydrogen-bond donors (Lipinski definition) is 0. The number of esters is 1. The third kappa shape index (κ3) is 16.9. The normalized spacial score (nSPS) is 13.9. The van der Waals surface area contributed by atoms with E-state index in [0.29, 0.717) is 13.0 Å². The maximum absolute atomic E-state index is 11.6. The quantitative estimate of drug-likeness (QED) is 0.161. The molecule has 0 aromatic carbocycles. The number of rotatable bonds is 20. The number of hydrogen-bond acceptors (Lipinski definition) is 2. The predicted molar refractivity (Wildman–Crippen MR) is 112 cm³/mol. The van der Waals surface area contributed by atoms with E-state index in [1.807, 2.05) is 0 Å². The Morgan fingerprint density at radius 3 is 1.73 bits per heavy atom. The number of unbranched alkanes of at least 4 members (excludes halogenated alkanes) is 14. The van der Waals surface area contributed by atoms with Crippen LogP contribution in [0.2, 0.25) is 0 Å². The monoisotopic (exact) mass is 366 g/mol. The van der Waals surface area contributed by atoms with E-state index in [9.17, 15) is 4.79 Å². The molecule has 0 aromatic rings. The van der Waals surface area contributed by atoms with Gasteiger partial charge in [0.15, 0.2) is 0 Å². The molecule has 0 atom stereocenters. The molecule has 0 aromatic heterocycles. The van der Waals surface area contributed by atoms with Crippen LogP contribution in [-0.4, -0.2) is 12.6 Å². The minimum atomic E-state index is 0.0126. The van der Waals surface area contributed by atoms with Gasteiger partial charge in [-0.3, -0.25) is 4.79 Å². The SMILES string of the molecule is CCCCCCOC(=O)CCCCCCCCCCCCCCC1CC1. The molecule has 26 heavy (non-hydrogen) atoms. The highest BCUT2D eigenvalue weighted by atomic mass is 16.5. The van der Waals surface area contributed by atoms with Gasteiger partial charge in [-0.25, -0.2) is 0 Å². The van der Waals surface area contributed by atoms with Crippen molar-refractivity contribution < 1.29 is 9.53 Å². The summed E-state index contributed by atoms with van der Waals surface area (Å²) in [5.74, 6) is 1.13. The van der Waals surface area contributed by atoms with Gasteiger partial charge in [-0.15, -0.1) is 0 Å². The summed E-state index contributed by atoms with van der Waals surface area (Å²) in [6, 6.07) is 0. The van der Waals surface area contributed by atoms with Crippen LogP contribution in [-0.2, 0) is 9.53 Å². The Bertz CT molecular complexity index is 309. The van der Waals surface area contributed by atoms with Gasteiger partial charge in [0, 0.05) is 6.42 Å². The van der Waals surface area contributed by atoms with E-state index in [1.165, 1.54) is 109 Å². The Morgan fingerprint density at radius 2 is 1.19 bits per heavy atom. The lowest BCUT2D eigenvalue weighted by Gasteiger charge is -2.05. The van der Waals surface area contributed by atoms with E-state index >= 15 is 0 Å². The van der Waals surface area contributed by atoms with Crippen LogP contribution in [0.1, 0.15) is 135 Å². The number of carbonyl (C=O) groups is 1. The summed E-state index contributed by atoms with van der Waals surface area (Å²) in [6.07, 6.45) is 26.2. The Morgan fingerprint density at radius 1 is 0.692 bits per heavy atom. The standard InChI is InChI=1S/C24H46O2/c1-2-3-4-17-22-26-24(25)19-16-14-12-10-8-6-5-7-9-11-13-15-18-23-20-21-23/h23H,2-22H2,1H3. The summed E-state index contributed by atoms with van der Waals surface area (Å²) in [6.45, 7) is 2.82. The van der Waals surface area contributed by atoms with E-state index in [-0.39, 0.29) is 5.97 Å². The summed E-state index contributed by atoms with van der Waals surface area (Å²) < 4.78 is 5.27. The second-order valence-corrected chi connectivity index (χ2v) is 8.51. The Labute approximate surface area is 163 Å². The lowest BCUT2D eigenvalue weighted by atomic mass is 10.0. The summed E-state index contributed by atoms with van der Waals surface area (Å²) >= 11 is 0. The van der Waals surface area contributed by atoms with E-state index in [0.717, 1.165) is 18.8 Å². The van der Waals surface area contributed by atoms with E-state index in [1.54, 1.807) is 0 Å². The van der Waals surface area contributed by atoms with Gasteiger partial charge in [0.05, 0.1) is 6.61 Å². The van der Waals surface area contributed by atoms with Gasteiger partial charge in [-0.05, 0) is 18.8 Å². The molecule has 0 aliphatic heterocycles. The minimum Gasteiger partial charge on any atom is -0.466 e. The van der Waals surface area contributed by atoms with Gasteiger partial charge in [0.1, 0.15) is 0 Å². The maximum atomic E-state index is 11.6. The van der Waals surface area contributed by atoms with Crippen LogP contribution in [0.5, 0.6) is 0 Å². The molecule has 0 heterocycles. The molecular weight excluding hydrogens is 320 g/mol.